The SMILES string of the molecule is CCOCCN[C@@H](C)c1ccc(OC)cc1. The molecule has 0 heterocycles. The predicted molar refractivity (Wildman–Crippen MR) is 65.9 cm³/mol. The van der Waals surface area contributed by atoms with Crippen LogP contribution in [0.4, 0.5) is 0 Å². The van der Waals surface area contributed by atoms with Gasteiger partial charge in [-0.2, -0.15) is 0 Å². The fourth-order valence-corrected chi connectivity index (χ4v) is 1.50. The summed E-state index contributed by atoms with van der Waals surface area (Å²) in [4.78, 5) is 0. The Morgan fingerprint density at radius 1 is 1.25 bits per heavy atom. The Morgan fingerprint density at radius 3 is 2.50 bits per heavy atom. The second kappa shape index (κ2) is 7.25. The van der Waals surface area contributed by atoms with E-state index >= 15 is 0 Å². The Balaban J connectivity index is 2.37. The highest BCUT2D eigenvalue weighted by Crippen LogP contribution is 2.16. The molecule has 1 rings (SSSR count). The molecule has 0 spiro atoms. The quantitative estimate of drug-likeness (QED) is 0.720. The summed E-state index contributed by atoms with van der Waals surface area (Å²) in [6, 6.07) is 8.46. The molecule has 1 aromatic rings. The molecule has 3 nitrogen and oxygen atoms in total. The van der Waals surface area contributed by atoms with Crippen molar-refractivity contribution in [3.63, 3.8) is 0 Å². The van der Waals surface area contributed by atoms with E-state index in [-0.39, 0.29) is 0 Å². The Bertz CT molecular complexity index is 284. The zero-order valence-corrected chi connectivity index (χ0v) is 10.3. The van der Waals surface area contributed by atoms with E-state index in [0.717, 1.165) is 25.5 Å². The smallest absolute Gasteiger partial charge is 0.118 e. The van der Waals surface area contributed by atoms with Crippen LogP contribution in [0.3, 0.4) is 0 Å². The average molecular weight is 223 g/mol. The van der Waals surface area contributed by atoms with Crippen molar-refractivity contribution >= 4 is 0 Å². The Morgan fingerprint density at radius 2 is 1.94 bits per heavy atom. The molecule has 1 aromatic carbocycles. The van der Waals surface area contributed by atoms with Crippen LogP contribution in [0.25, 0.3) is 0 Å². The molecule has 0 bridgehead atoms. The van der Waals surface area contributed by atoms with E-state index in [4.69, 9.17) is 9.47 Å². The molecule has 0 saturated heterocycles. The summed E-state index contributed by atoms with van der Waals surface area (Å²) in [6.45, 7) is 6.57. The van der Waals surface area contributed by atoms with Gasteiger partial charge in [-0.15, -0.1) is 0 Å². The van der Waals surface area contributed by atoms with Crippen molar-refractivity contribution in [3.8, 4) is 5.75 Å². The van der Waals surface area contributed by atoms with E-state index in [1.807, 2.05) is 19.1 Å². The first-order valence-corrected chi connectivity index (χ1v) is 5.73. The van der Waals surface area contributed by atoms with Crippen molar-refractivity contribution in [1.82, 2.24) is 5.32 Å². The first-order chi connectivity index (χ1) is 7.77. The van der Waals surface area contributed by atoms with Crippen molar-refractivity contribution in [2.75, 3.05) is 26.9 Å². The molecular formula is C13H21NO2. The van der Waals surface area contributed by atoms with Crippen LogP contribution < -0.4 is 10.1 Å². The number of hydrogen-bond donors (Lipinski definition) is 1. The van der Waals surface area contributed by atoms with E-state index in [0.29, 0.717) is 6.04 Å². The standard InChI is InChI=1S/C13H21NO2/c1-4-16-10-9-14-11(2)12-5-7-13(15-3)8-6-12/h5-8,11,14H,4,9-10H2,1-3H3/t11-/m0/s1. The number of rotatable bonds is 7. The van der Waals surface area contributed by atoms with Gasteiger partial charge in [0.25, 0.3) is 0 Å². The highest BCUT2D eigenvalue weighted by molar-refractivity contribution is 5.28. The van der Waals surface area contributed by atoms with E-state index < -0.39 is 0 Å². The molecule has 0 aliphatic carbocycles. The predicted octanol–water partition coefficient (Wildman–Crippen LogP) is 2.38. The van der Waals surface area contributed by atoms with Crippen molar-refractivity contribution in [2.24, 2.45) is 0 Å². The minimum absolute atomic E-state index is 0.339. The first-order valence-electron chi connectivity index (χ1n) is 5.73. The van der Waals surface area contributed by atoms with Crippen molar-refractivity contribution < 1.29 is 9.47 Å². The maximum atomic E-state index is 5.27. The topological polar surface area (TPSA) is 30.5 Å². The van der Waals surface area contributed by atoms with Gasteiger partial charge in [-0.05, 0) is 31.5 Å². The molecule has 0 saturated carbocycles. The Kier molecular flexibility index (Phi) is 5.90. The molecule has 0 amide bonds. The van der Waals surface area contributed by atoms with Crippen LogP contribution in [-0.4, -0.2) is 26.9 Å². The maximum absolute atomic E-state index is 5.27. The van der Waals surface area contributed by atoms with Gasteiger partial charge in [0.2, 0.25) is 0 Å². The van der Waals surface area contributed by atoms with Gasteiger partial charge in [0.1, 0.15) is 5.75 Å². The van der Waals surface area contributed by atoms with Crippen LogP contribution in [-0.2, 0) is 4.74 Å². The van der Waals surface area contributed by atoms with Gasteiger partial charge in [0.15, 0.2) is 0 Å². The number of methoxy groups -OCH3 is 1. The van der Waals surface area contributed by atoms with Gasteiger partial charge in [0, 0.05) is 19.2 Å². The lowest BCUT2D eigenvalue weighted by Gasteiger charge is -2.14. The summed E-state index contributed by atoms with van der Waals surface area (Å²) in [5.74, 6) is 0.894. The van der Waals surface area contributed by atoms with Gasteiger partial charge >= 0.3 is 0 Å². The number of ether oxygens (including phenoxy) is 2. The Hall–Kier alpha value is -1.06. The summed E-state index contributed by atoms with van der Waals surface area (Å²) in [5.41, 5.74) is 1.26. The molecule has 1 atom stereocenters. The lowest BCUT2D eigenvalue weighted by atomic mass is 10.1. The summed E-state index contributed by atoms with van der Waals surface area (Å²) < 4.78 is 10.4. The van der Waals surface area contributed by atoms with Crippen molar-refractivity contribution in [2.45, 2.75) is 19.9 Å². The fraction of sp³-hybridized carbons (Fsp3) is 0.538. The molecule has 0 aliphatic heterocycles. The van der Waals surface area contributed by atoms with E-state index in [1.165, 1.54) is 5.56 Å². The van der Waals surface area contributed by atoms with Crippen LogP contribution in [0.5, 0.6) is 5.75 Å². The Labute approximate surface area is 97.8 Å². The summed E-state index contributed by atoms with van der Waals surface area (Å²) in [5, 5.41) is 3.41. The molecule has 0 fully saturated rings. The van der Waals surface area contributed by atoms with Crippen LogP contribution >= 0.6 is 0 Å². The molecule has 0 radical (unpaired) electrons. The van der Waals surface area contributed by atoms with E-state index in [9.17, 15) is 0 Å². The molecule has 3 heteroatoms. The van der Waals surface area contributed by atoms with Crippen molar-refractivity contribution in [1.29, 1.82) is 0 Å². The number of benzene rings is 1. The van der Waals surface area contributed by atoms with Gasteiger partial charge in [0.05, 0.1) is 13.7 Å². The van der Waals surface area contributed by atoms with E-state index in [1.54, 1.807) is 7.11 Å². The molecule has 0 aliphatic rings. The second-order valence-corrected chi connectivity index (χ2v) is 3.65. The van der Waals surface area contributed by atoms with Gasteiger partial charge in [-0.25, -0.2) is 0 Å². The number of hydrogen-bond acceptors (Lipinski definition) is 3. The lowest BCUT2D eigenvalue weighted by molar-refractivity contribution is 0.147. The lowest BCUT2D eigenvalue weighted by Crippen LogP contribution is -2.23. The monoisotopic (exact) mass is 223 g/mol. The second-order valence-electron chi connectivity index (χ2n) is 3.65. The van der Waals surface area contributed by atoms with Crippen LogP contribution in [0.2, 0.25) is 0 Å². The van der Waals surface area contributed by atoms with Crippen LogP contribution in [0.15, 0.2) is 24.3 Å². The minimum Gasteiger partial charge on any atom is -0.497 e. The number of nitrogens with one attached hydrogen (secondary N) is 1. The highest BCUT2D eigenvalue weighted by atomic mass is 16.5. The van der Waals surface area contributed by atoms with Crippen LogP contribution in [0, 0.1) is 0 Å². The summed E-state index contributed by atoms with van der Waals surface area (Å²) in [6.07, 6.45) is 0. The molecule has 90 valence electrons. The zero-order valence-electron chi connectivity index (χ0n) is 10.3. The van der Waals surface area contributed by atoms with Gasteiger partial charge < -0.3 is 14.8 Å². The van der Waals surface area contributed by atoms with Gasteiger partial charge in [-0.1, -0.05) is 12.1 Å². The molecular weight excluding hydrogens is 202 g/mol. The first kappa shape index (κ1) is 13.0. The molecule has 0 unspecified atom stereocenters. The molecule has 1 N–H and O–H groups in total. The highest BCUT2D eigenvalue weighted by Gasteiger charge is 2.03. The van der Waals surface area contributed by atoms with Crippen molar-refractivity contribution in [3.05, 3.63) is 29.8 Å². The normalized spacial score (nSPS) is 12.4. The minimum atomic E-state index is 0.339. The summed E-state index contributed by atoms with van der Waals surface area (Å²) >= 11 is 0. The van der Waals surface area contributed by atoms with Crippen LogP contribution in [0.1, 0.15) is 25.5 Å². The van der Waals surface area contributed by atoms with E-state index in [2.05, 4.69) is 24.4 Å². The molecule has 0 aromatic heterocycles. The largest absolute Gasteiger partial charge is 0.497 e. The third-order valence-electron chi connectivity index (χ3n) is 2.52. The fourth-order valence-electron chi connectivity index (χ4n) is 1.50. The van der Waals surface area contributed by atoms with Gasteiger partial charge in [-0.3, -0.25) is 0 Å². The summed E-state index contributed by atoms with van der Waals surface area (Å²) in [7, 11) is 1.68. The zero-order chi connectivity index (χ0) is 11.8. The third kappa shape index (κ3) is 4.21. The third-order valence-corrected chi connectivity index (χ3v) is 2.52. The average Bonchev–Trinajstić information content (AvgIpc) is 2.34. The maximum Gasteiger partial charge on any atom is 0.118 e. The molecule has 16 heavy (non-hydrogen) atoms.